The van der Waals surface area contributed by atoms with E-state index in [1.54, 1.807) is 25.4 Å². The van der Waals surface area contributed by atoms with Gasteiger partial charge >= 0.3 is 0 Å². The molecule has 2 N–H and O–H groups in total. The van der Waals surface area contributed by atoms with Gasteiger partial charge in [-0.3, -0.25) is 9.59 Å². The molecule has 12 heteroatoms. The van der Waals surface area contributed by atoms with E-state index < -0.39 is 32.7 Å². The van der Waals surface area contributed by atoms with Crippen LogP contribution in [0.1, 0.15) is 28.9 Å². The molecule has 0 radical (unpaired) electrons. The average molecular weight is 540 g/mol. The van der Waals surface area contributed by atoms with E-state index in [1.165, 1.54) is 0 Å². The topological polar surface area (TPSA) is 131 Å². The van der Waals surface area contributed by atoms with Crippen LogP contribution in [0.5, 0.6) is 0 Å². The van der Waals surface area contributed by atoms with Crippen molar-refractivity contribution in [3.05, 3.63) is 71.5 Å². The van der Waals surface area contributed by atoms with E-state index in [1.807, 2.05) is 12.1 Å². The highest BCUT2D eigenvalue weighted by molar-refractivity contribution is 7.92. The minimum Gasteiger partial charge on any atom is -0.352 e. The number of rotatable bonds is 8. The van der Waals surface area contributed by atoms with Gasteiger partial charge in [-0.2, -0.15) is 0 Å². The van der Waals surface area contributed by atoms with E-state index in [4.69, 9.17) is 0 Å². The second-order valence-corrected chi connectivity index (χ2v) is 11.8. The average Bonchev–Trinajstić information content (AvgIpc) is 3.59. The van der Waals surface area contributed by atoms with E-state index in [2.05, 4.69) is 25.6 Å². The second-order valence-electron chi connectivity index (χ2n) is 8.69. The Labute approximate surface area is 216 Å². The van der Waals surface area contributed by atoms with Crippen LogP contribution in [0.3, 0.4) is 0 Å². The summed E-state index contributed by atoms with van der Waals surface area (Å²) in [7, 11) is -4.33. The van der Waals surface area contributed by atoms with E-state index in [0.717, 1.165) is 59.6 Å². The number of halogens is 1. The number of hydrogen-bond acceptors (Lipinski definition) is 8. The molecule has 1 fully saturated rings. The van der Waals surface area contributed by atoms with Gasteiger partial charge in [-0.1, -0.05) is 6.07 Å². The number of aromatic nitrogens is 3. The zero-order valence-corrected chi connectivity index (χ0v) is 21.3. The Morgan fingerprint density at radius 2 is 1.78 bits per heavy atom. The first-order valence-electron chi connectivity index (χ1n) is 11.5. The summed E-state index contributed by atoms with van der Waals surface area (Å²) in [5.41, 5.74) is 2.09. The number of carbonyl (C=O) groups excluding carboxylic acids is 2. The minimum atomic E-state index is -4.33. The maximum atomic E-state index is 13.6. The van der Waals surface area contributed by atoms with Gasteiger partial charge in [0.2, 0.25) is 11.8 Å². The van der Waals surface area contributed by atoms with Crippen LogP contribution < -0.4 is 10.6 Å². The van der Waals surface area contributed by atoms with Gasteiger partial charge < -0.3 is 10.6 Å². The summed E-state index contributed by atoms with van der Waals surface area (Å²) < 4.78 is 41.3. The molecular weight excluding hydrogens is 517 g/mol. The summed E-state index contributed by atoms with van der Waals surface area (Å²) in [4.78, 5) is 38.0. The van der Waals surface area contributed by atoms with Gasteiger partial charge in [-0.05, 0) is 61.7 Å². The van der Waals surface area contributed by atoms with Crippen LogP contribution in [0, 0.1) is 12.7 Å². The first-order valence-corrected chi connectivity index (χ1v) is 13.8. The lowest BCUT2D eigenvalue weighted by Crippen LogP contribution is -2.41. The number of hydrogen-bond donors (Lipinski definition) is 2. The standard InChI is InChI=1S/C25H22FN5O4S2/c1-14-27-11-16(12-28-14)15-2-9-20-21(10-15)36-25(31-20)23(24(33)29-13-22(32)30-18-5-6-18)37(34,35)19-7-3-17(26)4-8-19/h2-4,7-12,18,23H,5-6,13H2,1H3,(H,29,33)(H,30,32). The number of aryl methyl sites for hydroxylation is 1. The Balaban J connectivity index is 1.50. The molecule has 190 valence electrons. The monoisotopic (exact) mass is 539 g/mol. The number of nitrogens with one attached hydrogen (secondary N) is 2. The molecule has 1 aliphatic rings. The van der Waals surface area contributed by atoms with Crippen LogP contribution in [0.4, 0.5) is 4.39 Å². The minimum absolute atomic E-state index is 0.0386. The van der Waals surface area contributed by atoms with Crippen molar-refractivity contribution in [1.29, 1.82) is 0 Å². The third-order valence-corrected chi connectivity index (χ3v) is 9.02. The first kappa shape index (κ1) is 24.9. The molecule has 1 aliphatic carbocycles. The van der Waals surface area contributed by atoms with Crippen molar-refractivity contribution in [2.24, 2.45) is 0 Å². The highest BCUT2D eigenvalue weighted by Gasteiger charge is 2.38. The molecule has 0 bridgehead atoms. The molecule has 2 heterocycles. The molecule has 0 saturated heterocycles. The molecule has 1 saturated carbocycles. The fourth-order valence-corrected chi connectivity index (χ4v) is 6.67. The summed E-state index contributed by atoms with van der Waals surface area (Å²) >= 11 is 1.06. The lowest BCUT2D eigenvalue weighted by Gasteiger charge is -2.16. The number of amides is 2. The molecule has 37 heavy (non-hydrogen) atoms. The normalized spacial score (nSPS) is 14.3. The van der Waals surface area contributed by atoms with Gasteiger partial charge in [0.1, 0.15) is 16.6 Å². The van der Waals surface area contributed by atoms with Gasteiger partial charge in [0.05, 0.1) is 21.7 Å². The van der Waals surface area contributed by atoms with Crippen molar-refractivity contribution in [1.82, 2.24) is 25.6 Å². The fraction of sp³-hybridized carbons (Fsp3) is 0.240. The van der Waals surface area contributed by atoms with Gasteiger partial charge in [0, 0.05) is 24.0 Å². The molecular formula is C25H22FN5O4S2. The number of fused-ring (bicyclic) bond motifs is 1. The van der Waals surface area contributed by atoms with E-state index >= 15 is 0 Å². The summed E-state index contributed by atoms with van der Waals surface area (Å²) in [5, 5.41) is 3.49. The van der Waals surface area contributed by atoms with Crippen molar-refractivity contribution in [3.63, 3.8) is 0 Å². The zero-order valence-electron chi connectivity index (χ0n) is 19.6. The Kier molecular flexibility index (Phi) is 6.69. The van der Waals surface area contributed by atoms with Gasteiger partial charge in [0.15, 0.2) is 15.1 Å². The predicted molar refractivity (Wildman–Crippen MR) is 136 cm³/mol. The molecule has 5 rings (SSSR count). The predicted octanol–water partition coefficient (Wildman–Crippen LogP) is 3.11. The summed E-state index contributed by atoms with van der Waals surface area (Å²) in [6.07, 6.45) is 5.13. The lowest BCUT2D eigenvalue weighted by molar-refractivity contribution is -0.126. The van der Waals surface area contributed by atoms with Gasteiger partial charge in [0.25, 0.3) is 0 Å². The Hall–Kier alpha value is -3.77. The molecule has 0 spiro atoms. The zero-order chi connectivity index (χ0) is 26.2. The van der Waals surface area contributed by atoms with Crippen LogP contribution in [0.25, 0.3) is 21.3 Å². The maximum absolute atomic E-state index is 13.6. The smallest absolute Gasteiger partial charge is 0.246 e. The number of carbonyl (C=O) groups is 2. The molecule has 1 atom stereocenters. The van der Waals surface area contributed by atoms with Gasteiger partial charge in [-0.15, -0.1) is 11.3 Å². The SMILES string of the molecule is Cc1ncc(-c2ccc3nc(C(C(=O)NCC(=O)NC4CC4)S(=O)(=O)c4ccc(F)cc4)sc3c2)cn1. The van der Waals surface area contributed by atoms with Gasteiger partial charge in [-0.25, -0.2) is 27.8 Å². The lowest BCUT2D eigenvalue weighted by atomic mass is 10.1. The summed E-state index contributed by atoms with van der Waals surface area (Å²) in [6.45, 7) is 1.41. The van der Waals surface area contributed by atoms with Crippen molar-refractivity contribution in [3.8, 4) is 11.1 Å². The number of nitrogens with zero attached hydrogens (tertiary/aromatic N) is 3. The third-order valence-electron chi connectivity index (χ3n) is 5.80. The Morgan fingerprint density at radius 1 is 1.08 bits per heavy atom. The van der Waals surface area contributed by atoms with Crippen LogP contribution in [0.15, 0.2) is 59.8 Å². The van der Waals surface area contributed by atoms with Crippen LogP contribution >= 0.6 is 11.3 Å². The number of benzene rings is 2. The molecule has 2 aromatic heterocycles. The fourth-order valence-electron chi connectivity index (χ4n) is 3.69. The largest absolute Gasteiger partial charge is 0.352 e. The Bertz CT molecular complexity index is 1580. The molecule has 2 amide bonds. The quantitative estimate of drug-likeness (QED) is 0.329. The maximum Gasteiger partial charge on any atom is 0.246 e. The Morgan fingerprint density at radius 3 is 2.46 bits per heavy atom. The molecule has 2 aromatic carbocycles. The molecule has 0 aliphatic heterocycles. The number of sulfone groups is 1. The van der Waals surface area contributed by atoms with Crippen LogP contribution in [-0.2, 0) is 19.4 Å². The highest BCUT2D eigenvalue weighted by Crippen LogP contribution is 2.36. The van der Waals surface area contributed by atoms with Crippen molar-refractivity contribution in [2.45, 2.75) is 36.0 Å². The van der Waals surface area contributed by atoms with Crippen molar-refractivity contribution < 1.29 is 22.4 Å². The number of thiazole rings is 1. The first-order chi connectivity index (χ1) is 17.7. The van der Waals surface area contributed by atoms with E-state index in [0.29, 0.717) is 16.0 Å². The molecule has 4 aromatic rings. The van der Waals surface area contributed by atoms with Crippen LogP contribution in [-0.4, -0.2) is 47.8 Å². The summed E-state index contributed by atoms with van der Waals surface area (Å²) in [6, 6.07) is 9.70. The second kappa shape index (κ2) is 9.94. The van der Waals surface area contributed by atoms with E-state index in [9.17, 15) is 22.4 Å². The van der Waals surface area contributed by atoms with E-state index in [-0.39, 0.29) is 22.5 Å². The summed E-state index contributed by atoms with van der Waals surface area (Å²) in [5.74, 6) is -1.26. The highest BCUT2D eigenvalue weighted by atomic mass is 32.2. The molecule has 1 unspecified atom stereocenters. The molecule has 9 nitrogen and oxygen atoms in total. The van der Waals surface area contributed by atoms with Crippen LogP contribution in [0.2, 0.25) is 0 Å². The van der Waals surface area contributed by atoms with Crippen molar-refractivity contribution in [2.75, 3.05) is 6.54 Å². The third kappa shape index (κ3) is 5.49. The van der Waals surface area contributed by atoms with Crippen molar-refractivity contribution >= 4 is 43.2 Å².